The van der Waals surface area contributed by atoms with Gasteiger partial charge < -0.3 is 10.6 Å². The summed E-state index contributed by atoms with van der Waals surface area (Å²) >= 11 is 6.26. The Labute approximate surface area is 119 Å². The van der Waals surface area contributed by atoms with E-state index in [0.717, 1.165) is 23.7 Å². The lowest BCUT2D eigenvalue weighted by Gasteiger charge is -2.39. The van der Waals surface area contributed by atoms with Crippen molar-refractivity contribution in [2.45, 2.75) is 19.0 Å². The number of nitrogens with one attached hydrogen (secondary N) is 2. The van der Waals surface area contributed by atoms with Gasteiger partial charge in [-0.15, -0.1) is 0 Å². The molecule has 1 aromatic carbocycles. The molecule has 2 rings (SSSR count). The molecule has 0 spiro atoms. The van der Waals surface area contributed by atoms with Crippen LogP contribution in [0.4, 0.5) is 0 Å². The number of nitrogens with zero attached hydrogens (tertiary/aromatic N) is 1. The molecule has 104 valence electrons. The zero-order valence-corrected chi connectivity index (χ0v) is 12.1. The van der Waals surface area contributed by atoms with Gasteiger partial charge in [-0.25, -0.2) is 0 Å². The largest absolute Gasteiger partial charge is 0.358 e. The Balaban J connectivity index is 2.22. The number of halogens is 1. The quantitative estimate of drug-likeness (QED) is 0.881. The van der Waals surface area contributed by atoms with E-state index in [0.29, 0.717) is 6.54 Å². The van der Waals surface area contributed by atoms with E-state index in [-0.39, 0.29) is 18.0 Å². The minimum Gasteiger partial charge on any atom is -0.358 e. The van der Waals surface area contributed by atoms with E-state index in [1.54, 1.807) is 7.05 Å². The van der Waals surface area contributed by atoms with E-state index in [2.05, 4.69) is 22.5 Å². The van der Waals surface area contributed by atoms with Crippen molar-refractivity contribution >= 4 is 17.5 Å². The molecule has 2 atom stereocenters. The van der Waals surface area contributed by atoms with Gasteiger partial charge in [0.1, 0.15) is 6.04 Å². The van der Waals surface area contributed by atoms with Crippen LogP contribution in [0.3, 0.4) is 0 Å². The topological polar surface area (TPSA) is 44.4 Å². The molecule has 5 heteroatoms. The van der Waals surface area contributed by atoms with E-state index in [4.69, 9.17) is 11.6 Å². The van der Waals surface area contributed by atoms with Crippen LogP contribution in [0.2, 0.25) is 5.02 Å². The third-order valence-electron chi connectivity index (χ3n) is 3.69. The molecule has 2 unspecified atom stereocenters. The average molecular weight is 282 g/mol. The maximum atomic E-state index is 12.0. The van der Waals surface area contributed by atoms with E-state index in [1.165, 1.54) is 0 Å². The minimum atomic E-state index is -0.148. The second kappa shape index (κ2) is 6.37. The standard InChI is InChI=1S/C14H20ClN3O/c1-10(11-5-3-4-6-12(11)15)18-8-7-17-9-13(18)14(19)16-2/h3-6,10,13,17H,7-9H2,1-2H3,(H,16,19). The van der Waals surface area contributed by atoms with Gasteiger partial charge in [-0.2, -0.15) is 0 Å². The van der Waals surface area contributed by atoms with Crippen LogP contribution in [0.25, 0.3) is 0 Å². The number of hydrogen-bond donors (Lipinski definition) is 2. The molecule has 4 nitrogen and oxygen atoms in total. The van der Waals surface area contributed by atoms with E-state index in [9.17, 15) is 4.79 Å². The fraction of sp³-hybridized carbons (Fsp3) is 0.500. The highest BCUT2D eigenvalue weighted by Gasteiger charge is 2.32. The van der Waals surface area contributed by atoms with Gasteiger partial charge in [0.25, 0.3) is 0 Å². The molecule has 19 heavy (non-hydrogen) atoms. The summed E-state index contributed by atoms with van der Waals surface area (Å²) in [6.07, 6.45) is 0. The van der Waals surface area contributed by atoms with Crippen LogP contribution in [0.5, 0.6) is 0 Å². The molecule has 1 heterocycles. The predicted octanol–water partition coefficient (Wildman–Crippen LogP) is 1.42. The van der Waals surface area contributed by atoms with Crippen molar-refractivity contribution in [1.82, 2.24) is 15.5 Å². The second-order valence-electron chi connectivity index (χ2n) is 4.77. The first-order valence-corrected chi connectivity index (χ1v) is 6.95. The van der Waals surface area contributed by atoms with Gasteiger partial charge >= 0.3 is 0 Å². The van der Waals surface area contributed by atoms with Gasteiger partial charge in [-0.1, -0.05) is 29.8 Å². The number of piperazine rings is 1. The summed E-state index contributed by atoms with van der Waals surface area (Å²) in [7, 11) is 1.68. The summed E-state index contributed by atoms with van der Waals surface area (Å²) in [5, 5.41) is 6.75. The summed E-state index contributed by atoms with van der Waals surface area (Å²) < 4.78 is 0. The molecular formula is C14H20ClN3O. The van der Waals surface area contributed by atoms with Crippen LogP contribution in [0, 0.1) is 0 Å². The van der Waals surface area contributed by atoms with Crippen molar-refractivity contribution < 1.29 is 4.79 Å². The first kappa shape index (κ1) is 14.3. The Kier molecular flexibility index (Phi) is 4.80. The van der Waals surface area contributed by atoms with E-state index >= 15 is 0 Å². The molecule has 0 bridgehead atoms. The molecule has 1 aromatic rings. The number of likely N-dealkylation sites (N-methyl/N-ethyl adjacent to an activating group) is 1. The van der Waals surface area contributed by atoms with Crippen molar-refractivity contribution in [3.05, 3.63) is 34.9 Å². The smallest absolute Gasteiger partial charge is 0.238 e. The summed E-state index contributed by atoms with van der Waals surface area (Å²) in [6.45, 7) is 4.50. The van der Waals surface area contributed by atoms with Gasteiger partial charge in [0.2, 0.25) is 5.91 Å². The SMILES string of the molecule is CNC(=O)C1CNCCN1C(C)c1ccccc1Cl. The molecule has 0 saturated carbocycles. The van der Waals surface area contributed by atoms with Crippen LogP contribution in [0.15, 0.2) is 24.3 Å². The lowest BCUT2D eigenvalue weighted by molar-refractivity contribution is -0.127. The molecular weight excluding hydrogens is 262 g/mol. The van der Waals surface area contributed by atoms with Crippen LogP contribution in [0.1, 0.15) is 18.5 Å². The van der Waals surface area contributed by atoms with Gasteiger partial charge in [0.05, 0.1) is 0 Å². The van der Waals surface area contributed by atoms with Gasteiger partial charge in [-0.3, -0.25) is 9.69 Å². The molecule has 1 amide bonds. The highest BCUT2D eigenvalue weighted by Crippen LogP contribution is 2.28. The fourth-order valence-corrected chi connectivity index (χ4v) is 2.88. The molecule has 0 aliphatic carbocycles. The minimum absolute atomic E-state index is 0.0473. The Morgan fingerprint density at radius 2 is 2.26 bits per heavy atom. The third-order valence-corrected chi connectivity index (χ3v) is 4.03. The van der Waals surface area contributed by atoms with Crippen molar-refractivity contribution in [3.8, 4) is 0 Å². The van der Waals surface area contributed by atoms with Crippen molar-refractivity contribution in [3.63, 3.8) is 0 Å². The molecule has 0 radical (unpaired) electrons. The third kappa shape index (κ3) is 3.08. The molecule has 1 aliphatic heterocycles. The first-order chi connectivity index (χ1) is 9.15. The number of carbonyl (C=O) groups excluding carboxylic acids is 1. The van der Waals surface area contributed by atoms with Gasteiger partial charge in [0.15, 0.2) is 0 Å². The number of benzene rings is 1. The fourth-order valence-electron chi connectivity index (χ4n) is 2.59. The lowest BCUT2D eigenvalue weighted by Crippen LogP contribution is -2.57. The number of rotatable bonds is 3. The Bertz CT molecular complexity index is 452. The second-order valence-corrected chi connectivity index (χ2v) is 5.18. The highest BCUT2D eigenvalue weighted by molar-refractivity contribution is 6.31. The molecule has 0 aromatic heterocycles. The summed E-state index contributed by atoms with van der Waals surface area (Å²) in [5.41, 5.74) is 1.07. The molecule has 1 fully saturated rings. The Hall–Kier alpha value is -1.10. The van der Waals surface area contributed by atoms with Gasteiger partial charge in [-0.05, 0) is 18.6 Å². The van der Waals surface area contributed by atoms with E-state index in [1.807, 2.05) is 24.3 Å². The van der Waals surface area contributed by atoms with Crippen molar-refractivity contribution in [2.24, 2.45) is 0 Å². The van der Waals surface area contributed by atoms with Crippen LogP contribution >= 0.6 is 11.6 Å². The summed E-state index contributed by atoms with van der Waals surface area (Å²) in [5.74, 6) is 0.0473. The zero-order valence-electron chi connectivity index (χ0n) is 11.3. The first-order valence-electron chi connectivity index (χ1n) is 6.57. The van der Waals surface area contributed by atoms with Crippen molar-refractivity contribution in [2.75, 3.05) is 26.7 Å². The van der Waals surface area contributed by atoms with Gasteiger partial charge in [0, 0.05) is 37.7 Å². The van der Waals surface area contributed by atoms with E-state index < -0.39 is 0 Å². The van der Waals surface area contributed by atoms with Crippen molar-refractivity contribution in [1.29, 1.82) is 0 Å². The van der Waals surface area contributed by atoms with Crippen LogP contribution < -0.4 is 10.6 Å². The average Bonchev–Trinajstić information content (AvgIpc) is 2.46. The normalized spacial score (nSPS) is 21.9. The predicted molar refractivity (Wildman–Crippen MR) is 77.3 cm³/mol. The maximum Gasteiger partial charge on any atom is 0.238 e. The van der Waals surface area contributed by atoms with Crippen LogP contribution in [-0.2, 0) is 4.79 Å². The zero-order chi connectivity index (χ0) is 13.8. The number of hydrogen-bond acceptors (Lipinski definition) is 3. The molecule has 1 saturated heterocycles. The molecule has 2 N–H and O–H groups in total. The number of amides is 1. The summed E-state index contributed by atoms with van der Waals surface area (Å²) in [4.78, 5) is 14.2. The summed E-state index contributed by atoms with van der Waals surface area (Å²) in [6, 6.07) is 7.80. The highest BCUT2D eigenvalue weighted by atomic mass is 35.5. The monoisotopic (exact) mass is 281 g/mol. The van der Waals surface area contributed by atoms with Crippen LogP contribution in [-0.4, -0.2) is 43.5 Å². The maximum absolute atomic E-state index is 12.0. The lowest BCUT2D eigenvalue weighted by atomic mass is 10.0. The Morgan fingerprint density at radius 1 is 1.53 bits per heavy atom. The number of carbonyl (C=O) groups is 1. The molecule has 1 aliphatic rings. The Morgan fingerprint density at radius 3 is 2.95 bits per heavy atom.